The fourth-order valence-corrected chi connectivity index (χ4v) is 2.49. The van der Waals surface area contributed by atoms with E-state index in [0.717, 1.165) is 26.8 Å². The van der Waals surface area contributed by atoms with E-state index < -0.39 is 0 Å². The van der Waals surface area contributed by atoms with Gasteiger partial charge in [0.1, 0.15) is 0 Å². The van der Waals surface area contributed by atoms with E-state index in [-0.39, 0.29) is 5.91 Å². The van der Waals surface area contributed by atoms with E-state index in [1.54, 1.807) is 24.5 Å². The molecule has 0 saturated heterocycles. The minimum absolute atomic E-state index is 0.163. The molecule has 5 heteroatoms. The summed E-state index contributed by atoms with van der Waals surface area (Å²) < 4.78 is 0.945. The Morgan fingerprint density at radius 3 is 2.67 bits per heavy atom. The molecule has 2 heterocycles. The van der Waals surface area contributed by atoms with Gasteiger partial charge in [-0.3, -0.25) is 14.8 Å². The van der Waals surface area contributed by atoms with E-state index in [0.29, 0.717) is 5.56 Å². The number of aryl methyl sites for hydroxylation is 1. The predicted octanol–water partition coefficient (Wildman–Crippen LogP) is 3.95. The zero-order chi connectivity index (χ0) is 14.8. The summed E-state index contributed by atoms with van der Waals surface area (Å²) in [4.78, 5) is 20.7. The van der Waals surface area contributed by atoms with E-state index in [1.807, 2.05) is 31.2 Å². The third-order valence-corrected chi connectivity index (χ3v) is 3.58. The number of halogens is 1. The molecule has 104 valence electrons. The van der Waals surface area contributed by atoms with Crippen LogP contribution in [0.3, 0.4) is 0 Å². The van der Waals surface area contributed by atoms with Crippen molar-refractivity contribution in [3.63, 3.8) is 0 Å². The molecule has 2 aromatic heterocycles. The summed E-state index contributed by atoms with van der Waals surface area (Å²) >= 11 is 3.45. The van der Waals surface area contributed by atoms with Gasteiger partial charge in [0, 0.05) is 33.5 Å². The van der Waals surface area contributed by atoms with Crippen molar-refractivity contribution in [2.45, 2.75) is 6.92 Å². The molecule has 3 rings (SSSR count). The maximum Gasteiger partial charge on any atom is 0.255 e. The number of aromatic nitrogens is 2. The molecule has 0 unspecified atom stereocenters. The number of pyridine rings is 2. The molecule has 3 aromatic rings. The third-order valence-electron chi connectivity index (χ3n) is 3.09. The number of carbonyl (C=O) groups is 1. The van der Waals surface area contributed by atoms with E-state index in [1.165, 1.54) is 0 Å². The number of carbonyl (C=O) groups excluding carboxylic acids is 1. The number of anilines is 1. The molecule has 1 aromatic carbocycles. The fourth-order valence-electron chi connectivity index (χ4n) is 2.13. The Labute approximate surface area is 130 Å². The van der Waals surface area contributed by atoms with Gasteiger partial charge in [-0.1, -0.05) is 15.9 Å². The first-order valence-corrected chi connectivity index (χ1v) is 7.21. The zero-order valence-corrected chi connectivity index (χ0v) is 12.9. The number of benzene rings is 1. The Morgan fingerprint density at radius 1 is 1.14 bits per heavy atom. The van der Waals surface area contributed by atoms with Gasteiger partial charge in [-0.2, -0.15) is 0 Å². The SMILES string of the molecule is Cc1cc(NC(=O)c2ccncc2)c2cc(Br)ccc2n1. The second kappa shape index (κ2) is 5.61. The van der Waals surface area contributed by atoms with Gasteiger partial charge in [0.15, 0.2) is 0 Å². The minimum Gasteiger partial charge on any atom is -0.321 e. The third kappa shape index (κ3) is 2.92. The molecule has 1 amide bonds. The molecule has 21 heavy (non-hydrogen) atoms. The second-order valence-corrected chi connectivity index (χ2v) is 5.58. The lowest BCUT2D eigenvalue weighted by atomic mass is 10.1. The number of hydrogen-bond donors (Lipinski definition) is 1. The summed E-state index contributed by atoms with van der Waals surface area (Å²) in [7, 11) is 0. The van der Waals surface area contributed by atoms with Crippen LogP contribution in [-0.4, -0.2) is 15.9 Å². The van der Waals surface area contributed by atoms with Crippen molar-refractivity contribution in [3.05, 3.63) is 64.5 Å². The maximum absolute atomic E-state index is 12.3. The Balaban J connectivity index is 2.04. The standard InChI is InChI=1S/C16H12BrN3O/c1-10-8-15(13-9-12(17)2-3-14(13)19-10)20-16(21)11-4-6-18-7-5-11/h2-9H,1H3,(H,19,20,21). The Hall–Kier alpha value is -2.27. The van der Waals surface area contributed by atoms with Crippen LogP contribution in [0.15, 0.2) is 53.3 Å². The van der Waals surface area contributed by atoms with Crippen LogP contribution in [0.4, 0.5) is 5.69 Å². The van der Waals surface area contributed by atoms with Crippen molar-refractivity contribution < 1.29 is 4.79 Å². The van der Waals surface area contributed by atoms with E-state index in [4.69, 9.17) is 0 Å². The van der Waals surface area contributed by atoms with Gasteiger partial charge in [0.25, 0.3) is 5.91 Å². The van der Waals surface area contributed by atoms with Gasteiger partial charge in [-0.15, -0.1) is 0 Å². The predicted molar refractivity (Wildman–Crippen MR) is 86.4 cm³/mol. The molecule has 0 aliphatic heterocycles. The monoisotopic (exact) mass is 341 g/mol. The molecule has 4 nitrogen and oxygen atoms in total. The van der Waals surface area contributed by atoms with Crippen molar-refractivity contribution in [2.75, 3.05) is 5.32 Å². The fraction of sp³-hybridized carbons (Fsp3) is 0.0625. The molecule has 0 atom stereocenters. The lowest BCUT2D eigenvalue weighted by molar-refractivity contribution is 0.102. The second-order valence-electron chi connectivity index (χ2n) is 4.66. The average molecular weight is 342 g/mol. The van der Waals surface area contributed by atoms with Gasteiger partial charge in [-0.05, 0) is 43.3 Å². The first-order chi connectivity index (χ1) is 10.1. The van der Waals surface area contributed by atoms with Crippen molar-refractivity contribution in [1.29, 1.82) is 0 Å². The number of nitrogens with one attached hydrogen (secondary N) is 1. The summed E-state index contributed by atoms with van der Waals surface area (Å²) in [6.07, 6.45) is 3.20. The Kier molecular flexibility index (Phi) is 3.66. The molecular weight excluding hydrogens is 330 g/mol. The van der Waals surface area contributed by atoms with Gasteiger partial charge >= 0.3 is 0 Å². The van der Waals surface area contributed by atoms with Crippen LogP contribution in [0, 0.1) is 6.92 Å². The maximum atomic E-state index is 12.3. The molecule has 0 aliphatic rings. The van der Waals surface area contributed by atoms with Gasteiger partial charge < -0.3 is 5.32 Å². The highest BCUT2D eigenvalue weighted by atomic mass is 79.9. The van der Waals surface area contributed by atoms with Crippen molar-refractivity contribution in [3.8, 4) is 0 Å². The van der Waals surface area contributed by atoms with Crippen LogP contribution in [-0.2, 0) is 0 Å². The summed E-state index contributed by atoms with van der Waals surface area (Å²) in [5, 5.41) is 3.84. The molecule has 0 radical (unpaired) electrons. The summed E-state index contributed by atoms with van der Waals surface area (Å²) in [6, 6.07) is 11.0. The first kappa shape index (κ1) is 13.7. The highest BCUT2D eigenvalue weighted by Crippen LogP contribution is 2.26. The lowest BCUT2D eigenvalue weighted by Gasteiger charge is -2.10. The Bertz CT molecular complexity index is 818. The highest BCUT2D eigenvalue weighted by molar-refractivity contribution is 9.10. The summed E-state index contributed by atoms with van der Waals surface area (Å²) in [5.74, 6) is -0.163. The quantitative estimate of drug-likeness (QED) is 0.767. The number of nitrogens with zero attached hydrogens (tertiary/aromatic N) is 2. The zero-order valence-electron chi connectivity index (χ0n) is 11.3. The van der Waals surface area contributed by atoms with Crippen molar-refractivity contribution >= 4 is 38.4 Å². The molecule has 0 fully saturated rings. The van der Waals surface area contributed by atoms with Gasteiger partial charge in [0.05, 0.1) is 11.2 Å². The highest BCUT2D eigenvalue weighted by Gasteiger charge is 2.10. The summed E-state index contributed by atoms with van der Waals surface area (Å²) in [5.41, 5.74) is 3.03. The average Bonchev–Trinajstić information content (AvgIpc) is 2.49. The number of hydrogen-bond acceptors (Lipinski definition) is 3. The van der Waals surface area contributed by atoms with E-state index >= 15 is 0 Å². The molecular formula is C16H12BrN3O. The molecule has 0 bridgehead atoms. The lowest BCUT2D eigenvalue weighted by Crippen LogP contribution is -2.12. The van der Waals surface area contributed by atoms with Gasteiger partial charge in [-0.25, -0.2) is 0 Å². The first-order valence-electron chi connectivity index (χ1n) is 6.42. The minimum atomic E-state index is -0.163. The molecule has 1 N–H and O–H groups in total. The van der Waals surface area contributed by atoms with Crippen molar-refractivity contribution in [2.24, 2.45) is 0 Å². The van der Waals surface area contributed by atoms with Crippen LogP contribution in [0.2, 0.25) is 0 Å². The van der Waals surface area contributed by atoms with Crippen LogP contribution in [0.1, 0.15) is 16.1 Å². The number of rotatable bonds is 2. The van der Waals surface area contributed by atoms with Crippen LogP contribution < -0.4 is 5.32 Å². The van der Waals surface area contributed by atoms with Crippen LogP contribution in [0.5, 0.6) is 0 Å². The number of fused-ring (bicyclic) bond motifs is 1. The summed E-state index contributed by atoms with van der Waals surface area (Å²) in [6.45, 7) is 1.91. The van der Waals surface area contributed by atoms with Gasteiger partial charge in [0.2, 0.25) is 0 Å². The molecule has 0 aliphatic carbocycles. The van der Waals surface area contributed by atoms with Crippen molar-refractivity contribution in [1.82, 2.24) is 9.97 Å². The largest absolute Gasteiger partial charge is 0.321 e. The van der Waals surface area contributed by atoms with E-state index in [9.17, 15) is 4.79 Å². The van der Waals surface area contributed by atoms with Crippen LogP contribution in [0.25, 0.3) is 10.9 Å². The van der Waals surface area contributed by atoms with Crippen LogP contribution >= 0.6 is 15.9 Å². The van der Waals surface area contributed by atoms with E-state index in [2.05, 4.69) is 31.2 Å². The number of amides is 1. The Morgan fingerprint density at radius 2 is 1.90 bits per heavy atom. The normalized spacial score (nSPS) is 10.6. The topological polar surface area (TPSA) is 54.9 Å². The smallest absolute Gasteiger partial charge is 0.255 e. The molecule has 0 saturated carbocycles. The molecule has 0 spiro atoms.